The van der Waals surface area contributed by atoms with Crippen molar-refractivity contribution in [3.8, 4) is 0 Å². The molecule has 4 atom stereocenters. The summed E-state index contributed by atoms with van der Waals surface area (Å²) in [6.07, 6.45) is -1.63. The van der Waals surface area contributed by atoms with E-state index in [0.717, 1.165) is 5.56 Å². The van der Waals surface area contributed by atoms with Gasteiger partial charge in [-0.1, -0.05) is 32.9 Å². The number of urea groups is 1. The summed E-state index contributed by atoms with van der Waals surface area (Å²) in [7, 11) is 1.56. The summed E-state index contributed by atoms with van der Waals surface area (Å²) in [5, 5.41) is 26.6. The molecule has 0 radical (unpaired) electrons. The lowest BCUT2D eigenvalue weighted by molar-refractivity contribution is -0.132. The highest BCUT2D eigenvalue weighted by molar-refractivity contribution is 5.89. The second kappa shape index (κ2) is 10.9. The SMILES string of the molecule is CN(C[C@H]1O[C@@H](n2cnc3c(N)ncnc32)[C@H](O)[C@@H]1O)C(=O)CCNC(=O)Nc1ccc(C(C)(C)C)cc1. The van der Waals surface area contributed by atoms with E-state index in [1.165, 1.54) is 22.1 Å². The van der Waals surface area contributed by atoms with E-state index < -0.39 is 30.6 Å². The molecule has 0 unspecified atom stereocenters. The Hall–Kier alpha value is -3.81. The number of nitrogens with one attached hydrogen (secondary N) is 2. The molecule has 204 valence electrons. The number of rotatable bonds is 7. The number of aliphatic hydroxyl groups excluding tert-OH is 2. The van der Waals surface area contributed by atoms with Gasteiger partial charge in [0.2, 0.25) is 5.91 Å². The molecule has 13 nitrogen and oxygen atoms in total. The van der Waals surface area contributed by atoms with Crippen molar-refractivity contribution in [2.45, 2.75) is 57.1 Å². The van der Waals surface area contributed by atoms with E-state index in [4.69, 9.17) is 10.5 Å². The first kappa shape index (κ1) is 27.2. The number of nitrogens with zero attached hydrogens (tertiary/aromatic N) is 5. The number of ether oxygens (including phenoxy) is 1. The van der Waals surface area contributed by atoms with Gasteiger partial charge >= 0.3 is 6.03 Å². The lowest BCUT2D eigenvalue weighted by Gasteiger charge is -2.23. The Kier molecular flexibility index (Phi) is 7.81. The third kappa shape index (κ3) is 5.85. The van der Waals surface area contributed by atoms with Gasteiger partial charge in [-0.3, -0.25) is 9.36 Å². The van der Waals surface area contributed by atoms with Gasteiger partial charge in [0.05, 0.1) is 6.33 Å². The Bertz CT molecular complexity index is 1290. The van der Waals surface area contributed by atoms with Crippen LogP contribution in [0.3, 0.4) is 0 Å². The van der Waals surface area contributed by atoms with Gasteiger partial charge in [0, 0.05) is 32.2 Å². The first-order valence-corrected chi connectivity index (χ1v) is 12.3. The number of nitrogen functional groups attached to an aromatic ring is 1. The molecule has 0 spiro atoms. The number of aliphatic hydroxyl groups is 2. The number of carbonyl (C=O) groups is 2. The summed E-state index contributed by atoms with van der Waals surface area (Å²) in [4.78, 5) is 38.4. The molecule has 6 N–H and O–H groups in total. The fourth-order valence-corrected chi connectivity index (χ4v) is 4.24. The second-order valence-corrected chi connectivity index (χ2v) is 10.4. The molecule has 3 amide bonds. The number of hydrogen-bond donors (Lipinski definition) is 5. The number of carbonyl (C=O) groups excluding carboxylic acids is 2. The Morgan fingerprint density at radius 2 is 1.84 bits per heavy atom. The molecule has 0 saturated carbocycles. The number of likely N-dealkylation sites (N-methyl/N-ethyl adjacent to an activating group) is 1. The quantitative estimate of drug-likeness (QED) is 0.300. The van der Waals surface area contributed by atoms with Crippen LogP contribution in [0.2, 0.25) is 0 Å². The predicted molar refractivity (Wildman–Crippen MR) is 140 cm³/mol. The summed E-state index contributed by atoms with van der Waals surface area (Å²) in [6.45, 7) is 6.50. The van der Waals surface area contributed by atoms with Crippen molar-refractivity contribution < 1.29 is 24.5 Å². The summed E-state index contributed by atoms with van der Waals surface area (Å²) in [5.41, 5.74) is 8.35. The van der Waals surface area contributed by atoms with Crippen LogP contribution in [0.1, 0.15) is 39.0 Å². The first-order valence-electron chi connectivity index (χ1n) is 12.3. The van der Waals surface area contributed by atoms with E-state index in [2.05, 4.69) is 46.4 Å². The van der Waals surface area contributed by atoms with Crippen LogP contribution in [0.5, 0.6) is 0 Å². The minimum Gasteiger partial charge on any atom is -0.387 e. The van der Waals surface area contributed by atoms with Gasteiger partial charge in [0.1, 0.15) is 30.2 Å². The largest absolute Gasteiger partial charge is 0.387 e. The molecular weight excluding hydrogens is 492 g/mol. The topological polar surface area (TPSA) is 181 Å². The van der Waals surface area contributed by atoms with E-state index in [0.29, 0.717) is 16.9 Å². The summed E-state index contributed by atoms with van der Waals surface area (Å²) in [6, 6.07) is 7.19. The van der Waals surface area contributed by atoms with Crippen molar-refractivity contribution >= 4 is 34.6 Å². The van der Waals surface area contributed by atoms with Crippen LogP contribution < -0.4 is 16.4 Å². The molecule has 1 aromatic carbocycles. The number of aromatic nitrogens is 4. The van der Waals surface area contributed by atoms with Gasteiger partial charge in [-0.2, -0.15) is 0 Å². The molecule has 1 fully saturated rings. The minimum atomic E-state index is -1.28. The van der Waals surface area contributed by atoms with Crippen molar-refractivity contribution in [3.63, 3.8) is 0 Å². The Labute approximate surface area is 220 Å². The Morgan fingerprint density at radius 3 is 2.53 bits per heavy atom. The lowest BCUT2D eigenvalue weighted by Crippen LogP contribution is -2.41. The van der Waals surface area contributed by atoms with Gasteiger partial charge in [-0.15, -0.1) is 0 Å². The Balaban J connectivity index is 1.25. The highest BCUT2D eigenvalue weighted by atomic mass is 16.6. The van der Waals surface area contributed by atoms with Gasteiger partial charge < -0.3 is 36.2 Å². The van der Waals surface area contributed by atoms with Gasteiger partial charge in [-0.05, 0) is 23.1 Å². The van der Waals surface area contributed by atoms with E-state index in [1.54, 1.807) is 7.05 Å². The molecule has 0 bridgehead atoms. The molecule has 2 aromatic heterocycles. The lowest BCUT2D eigenvalue weighted by atomic mass is 9.87. The standard InChI is InChI=1S/C25H34N8O5/c1-25(2,3)14-5-7-15(8-6-14)31-24(37)27-10-9-17(34)32(4)11-16-19(35)20(36)23(38-16)33-13-30-18-21(26)28-12-29-22(18)33/h5-8,12-13,16,19-20,23,35-36H,9-11H2,1-4H3,(H2,26,28,29)(H2,27,31,37)/t16-,19-,20-,23-/m1/s1. The molecule has 0 aliphatic carbocycles. The van der Waals surface area contributed by atoms with Crippen molar-refractivity contribution in [3.05, 3.63) is 42.5 Å². The average molecular weight is 527 g/mol. The van der Waals surface area contributed by atoms with Crippen molar-refractivity contribution in [2.24, 2.45) is 0 Å². The van der Waals surface area contributed by atoms with E-state index in [1.807, 2.05) is 24.3 Å². The van der Waals surface area contributed by atoms with Crippen LogP contribution in [0.4, 0.5) is 16.3 Å². The van der Waals surface area contributed by atoms with E-state index in [9.17, 15) is 19.8 Å². The number of anilines is 2. The van der Waals surface area contributed by atoms with Crippen LogP contribution in [0, 0.1) is 0 Å². The van der Waals surface area contributed by atoms with Crippen LogP contribution in [-0.4, -0.2) is 85.0 Å². The molecule has 1 saturated heterocycles. The number of benzene rings is 1. The third-order valence-electron chi connectivity index (χ3n) is 6.51. The summed E-state index contributed by atoms with van der Waals surface area (Å²) < 4.78 is 7.36. The zero-order valence-electron chi connectivity index (χ0n) is 21.8. The predicted octanol–water partition coefficient (Wildman–Crippen LogP) is 0.995. The van der Waals surface area contributed by atoms with Crippen LogP contribution >= 0.6 is 0 Å². The molecule has 4 rings (SSSR count). The fourth-order valence-electron chi connectivity index (χ4n) is 4.24. The maximum absolute atomic E-state index is 12.6. The second-order valence-electron chi connectivity index (χ2n) is 10.4. The van der Waals surface area contributed by atoms with Gasteiger partial charge in [-0.25, -0.2) is 19.7 Å². The summed E-state index contributed by atoms with van der Waals surface area (Å²) in [5.74, 6) is -0.0773. The number of nitrogens with two attached hydrogens (primary N) is 1. The van der Waals surface area contributed by atoms with E-state index in [-0.39, 0.29) is 36.7 Å². The van der Waals surface area contributed by atoms with Crippen LogP contribution in [-0.2, 0) is 14.9 Å². The average Bonchev–Trinajstić information content (AvgIpc) is 3.41. The fraction of sp³-hybridized carbons (Fsp3) is 0.480. The molecule has 3 aromatic rings. The molecular formula is C25H34N8O5. The van der Waals surface area contributed by atoms with Crippen molar-refractivity contribution in [2.75, 3.05) is 31.2 Å². The van der Waals surface area contributed by atoms with Crippen molar-refractivity contribution in [1.82, 2.24) is 29.7 Å². The third-order valence-corrected chi connectivity index (χ3v) is 6.51. The highest BCUT2D eigenvalue weighted by Gasteiger charge is 2.45. The first-order chi connectivity index (χ1) is 18.0. The number of fused-ring (bicyclic) bond motifs is 1. The summed E-state index contributed by atoms with van der Waals surface area (Å²) >= 11 is 0. The molecule has 1 aliphatic rings. The number of amides is 3. The Morgan fingerprint density at radius 1 is 1.13 bits per heavy atom. The molecule has 38 heavy (non-hydrogen) atoms. The maximum atomic E-state index is 12.6. The highest BCUT2D eigenvalue weighted by Crippen LogP contribution is 2.32. The maximum Gasteiger partial charge on any atom is 0.319 e. The monoisotopic (exact) mass is 526 g/mol. The van der Waals surface area contributed by atoms with Crippen LogP contribution in [0.25, 0.3) is 11.2 Å². The van der Waals surface area contributed by atoms with Gasteiger partial charge in [0.25, 0.3) is 0 Å². The smallest absolute Gasteiger partial charge is 0.319 e. The molecule has 13 heteroatoms. The van der Waals surface area contributed by atoms with Crippen LogP contribution in [0.15, 0.2) is 36.9 Å². The number of imidazole rings is 1. The zero-order valence-corrected chi connectivity index (χ0v) is 21.8. The normalized spacial score (nSPS) is 21.4. The zero-order chi connectivity index (χ0) is 27.6. The van der Waals surface area contributed by atoms with Gasteiger partial charge in [0.15, 0.2) is 17.7 Å². The minimum absolute atomic E-state index is 0.0170. The van der Waals surface area contributed by atoms with E-state index >= 15 is 0 Å². The molecule has 3 heterocycles. The molecule has 1 aliphatic heterocycles. The number of hydrogen-bond acceptors (Lipinski definition) is 9. The van der Waals surface area contributed by atoms with Crippen molar-refractivity contribution in [1.29, 1.82) is 0 Å².